The van der Waals surface area contributed by atoms with Gasteiger partial charge in [-0.15, -0.1) is 0 Å². The molecule has 0 fully saturated rings. The first-order chi connectivity index (χ1) is 14.2. The van der Waals surface area contributed by atoms with Gasteiger partial charge in [-0.05, 0) is 68.8 Å². The summed E-state index contributed by atoms with van der Waals surface area (Å²) in [5.74, 6) is 0.266. The van der Waals surface area contributed by atoms with Crippen LogP contribution in [0, 0.1) is 13.8 Å². The van der Waals surface area contributed by atoms with Crippen molar-refractivity contribution in [2.45, 2.75) is 31.8 Å². The van der Waals surface area contributed by atoms with E-state index in [0.717, 1.165) is 11.1 Å². The number of benzene rings is 3. The molecule has 0 aliphatic carbocycles. The normalized spacial score (nSPS) is 12.1. The highest BCUT2D eigenvalue weighted by Crippen LogP contribution is 2.22. The van der Waals surface area contributed by atoms with Gasteiger partial charge in [0.15, 0.2) is 6.10 Å². The highest BCUT2D eigenvalue weighted by molar-refractivity contribution is 7.92. The summed E-state index contributed by atoms with van der Waals surface area (Å²) in [6.07, 6.45) is -0.706. The van der Waals surface area contributed by atoms with Crippen molar-refractivity contribution in [3.63, 3.8) is 0 Å². The maximum Gasteiger partial charge on any atom is 0.265 e. The van der Waals surface area contributed by atoms with Crippen molar-refractivity contribution in [2.75, 3.05) is 10.0 Å². The number of rotatable bonds is 7. The molecule has 3 aromatic rings. The summed E-state index contributed by atoms with van der Waals surface area (Å²) in [6, 6.07) is 20.5. The summed E-state index contributed by atoms with van der Waals surface area (Å²) in [6.45, 7) is 5.45. The Kier molecular flexibility index (Phi) is 6.42. The van der Waals surface area contributed by atoms with Crippen molar-refractivity contribution < 1.29 is 17.9 Å². The second-order valence-electron chi connectivity index (χ2n) is 7.01. The molecule has 30 heavy (non-hydrogen) atoms. The van der Waals surface area contributed by atoms with E-state index >= 15 is 0 Å². The topological polar surface area (TPSA) is 84.5 Å². The Balaban J connectivity index is 1.65. The van der Waals surface area contributed by atoms with Crippen molar-refractivity contribution in [1.82, 2.24) is 0 Å². The molecule has 0 unspecified atom stereocenters. The van der Waals surface area contributed by atoms with E-state index in [1.807, 2.05) is 44.2 Å². The van der Waals surface area contributed by atoms with Crippen LogP contribution in [0.2, 0.25) is 0 Å². The highest BCUT2D eigenvalue weighted by atomic mass is 32.2. The van der Waals surface area contributed by atoms with Crippen molar-refractivity contribution in [2.24, 2.45) is 0 Å². The largest absolute Gasteiger partial charge is 0.481 e. The Labute approximate surface area is 177 Å². The molecule has 0 saturated carbocycles. The smallest absolute Gasteiger partial charge is 0.265 e. The molecule has 0 aromatic heterocycles. The maximum atomic E-state index is 12.7. The molecule has 3 aromatic carbocycles. The second-order valence-corrected chi connectivity index (χ2v) is 8.69. The third-order valence-electron chi connectivity index (χ3n) is 4.48. The predicted octanol–water partition coefficient (Wildman–Crippen LogP) is 4.51. The van der Waals surface area contributed by atoms with Gasteiger partial charge < -0.3 is 10.1 Å². The van der Waals surface area contributed by atoms with Crippen LogP contribution in [-0.4, -0.2) is 20.4 Å². The molecular weight excluding hydrogens is 400 g/mol. The number of anilines is 2. The highest BCUT2D eigenvalue weighted by Gasteiger charge is 2.17. The average molecular weight is 425 g/mol. The number of nitrogens with one attached hydrogen (secondary N) is 2. The van der Waals surface area contributed by atoms with Crippen LogP contribution >= 0.6 is 0 Å². The van der Waals surface area contributed by atoms with Crippen molar-refractivity contribution in [1.29, 1.82) is 0 Å². The number of carbonyl (C=O) groups excluding carboxylic acids is 1. The molecule has 6 nitrogen and oxygen atoms in total. The van der Waals surface area contributed by atoms with Crippen molar-refractivity contribution in [3.05, 3.63) is 83.9 Å². The van der Waals surface area contributed by atoms with Gasteiger partial charge in [0.25, 0.3) is 15.9 Å². The molecule has 0 heterocycles. The van der Waals surface area contributed by atoms with Crippen LogP contribution < -0.4 is 14.8 Å². The zero-order valence-electron chi connectivity index (χ0n) is 17.0. The van der Waals surface area contributed by atoms with E-state index in [1.165, 1.54) is 12.1 Å². The number of hydrogen-bond acceptors (Lipinski definition) is 4. The van der Waals surface area contributed by atoms with Crippen LogP contribution in [0.15, 0.2) is 77.7 Å². The first-order valence-corrected chi connectivity index (χ1v) is 11.0. The minimum Gasteiger partial charge on any atom is -0.481 e. The molecular formula is C23H24N2O4S. The number of ether oxygens (including phenoxy) is 1. The molecule has 0 radical (unpaired) electrons. The third-order valence-corrected chi connectivity index (χ3v) is 5.87. The molecule has 7 heteroatoms. The molecule has 156 valence electrons. The molecule has 3 rings (SSSR count). The molecule has 1 atom stereocenters. The van der Waals surface area contributed by atoms with Gasteiger partial charge >= 0.3 is 0 Å². The Morgan fingerprint density at radius 3 is 2.23 bits per heavy atom. The van der Waals surface area contributed by atoms with E-state index < -0.39 is 16.1 Å². The van der Waals surface area contributed by atoms with Crippen LogP contribution in [-0.2, 0) is 14.8 Å². The van der Waals surface area contributed by atoms with E-state index in [0.29, 0.717) is 17.1 Å². The summed E-state index contributed by atoms with van der Waals surface area (Å²) in [5.41, 5.74) is 2.91. The summed E-state index contributed by atoms with van der Waals surface area (Å²) in [5, 5.41) is 2.73. The second kappa shape index (κ2) is 9.00. The summed E-state index contributed by atoms with van der Waals surface area (Å²) in [4.78, 5) is 12.4. The van der Waals surface area contributed by atoms with E-state index in [4.69, 9.17) is 4.74 Å². The average Bonchev–Trinajstić information content (AvgIpc) is 2.71. The van der Waals surface area contributed by atoms with Crippen LogP contribution in [0.3, 0.4) is 0 Å². The standard InChI is InChI=1S/C23H24N2O4S/c1-16-9-14-22(17(2)15-16)25-30(27,28)21-12-10-19(11-13-21)24-23(26)18(3)29-20-7-5-4-6-8-20/h4-15,18,25H,1-3H3,(H,24,26)/t18-/m1/s1. The van der Waals surface area contributed by atoms with Gasteiger partial charge in [-0.3, -0.25) is 9.52 Å². The van der Waals surface area contributed by atoms with Gasteiger partial charge in [0.1, 0.15) is 5.75 Å². The van der Waals surface area contributed by atoms with Gasteiger partial charge in [-0.1, -0.05) is 35.9 Å². The Morgan fingerprint density at radius 1 is 0.933 bits per heavy atom. The lowest BCUT2D eigenvalue weighted by Crippen LogP contribution is -2.30. The van der Waals surface area contributed by atoms with Crippen LogP contribution in [0.5, 0.6) is 5.75 Å². The number of carbonyl (C=O) groups is 1. The number of amides is 1. The molecule has 1 amide bonds. The van der Waals surface area contributed by atoms with Crippen LogP contribution in [0.25, 0.3) is 0 Å². The third kappa shape index (κ3) is 5.39. The first-order valence-electron chi connectivity index (χ1n) is 9.47. The Hall–Kier alpha value is -3.32. The fourth-order valence-electron chi connectivity index (χ4n) is 2.85. The van der Waals surface area contributed by atoms with E-state index in [9.17, 15) is 13.2 Å². The fraction of sp³-hybridized carbons (Fsp3) is 0.174. The number of sulfonamides is 1. The monoisotopic (exact) mass is 424 g/mol. The van der Waals surface area contributed by atoms with Gasteiger partial charge in [-0.2, -0.15) is 0 Å². The predicted molar refractivity (Wildman–Crippen MR) is 118 cm³/mol. The zero-order chi connectivity index (χ0) is 21.7. The molecule has 2 N–H and O–H groups in total. The first kappa shape index (κ1) is 21.4. The van der Waals surface area contributed by atoms with E-state index in [1.54, 1.807) is 37.3 Å². The number of aryl methyl sites for hydroxylation is 2. The quantitative estimate of drug-likeness (QED) is 0.584. The van der Waals surface area contributed by atoms with E-state index in [-0.39, 0.29) is 10.8 Å². The Bertz CT molecular complexity index is 1130. The molecule has 0 spiro atoms. The SMILES string of the molecule is Cc1ccc(NS(=O)(=O)c2ccc(NC(=O)[C@@H](C)Oc3ccccc3)cc2)c(C)c1. The number of para-hydroxylation sites is 1. The Morgan fingerprint density at radius 2 is 1.60 bits per heavy atom. The zero-order valence-corrected chi connectivity index (χ0v) is 17.9. The lowest BCUT2D eigenvalue weighted by Gasteiger charge is -2.15. The lowest BCUT2D eigenvalue weighted by molar-refractivity contribution is -0.122. The van der Waals surface area contributed by atoms with Gasteiger partial charge in [0.05, 0.1) is 10.6 Å². The van der Waals surface area contributed by atoms with Crippen molar-refractivity contribution in [3.8, 4) is 5.75 Å². The van der Waals surface area contributed by atoms with Gasteiger partial charge in [0, 0.05) is 5.69 Å². The maximum absolute atomic E-state index is 12.7. The molecule has 0 aliphatic rings. The molecule has 0 bridgehead atoms. The van der Waals surface area contributed by atoms with Crippen LogP contribution in [0.4, 0.5) is 11.4 Å². The molecule has 0 saturated heterocycles. The summed E-state index contributed by atoms with van der Waals surface area (Å²) in [7, 11) is -3.74. The molecule has 0 aliphatic heterocycles. The van der Waals surface area contributed by atoms with E-state index in [2.05, 4.69) is 10.0 Å². The lowest BCUT2D eigenvalue weighted by atomic mass is 10.1. The van der Waals surface area contributed by atoms with Crippen molar-refractivity contribution >= 4 is 27.3 Å². The minimum atomic E-state index is -3.74. The summed E-state index contributed by atoms with van der Waals surface area (Å²) >= 11 is 0. The van der Waals surface area contributed by atoms with Crippen LogP contribution in [0.1, 0.15) is 18.1 Å². The number of hydrogen-bond donors (Lipinski definition) is 2. The fourth-order valence-corrected chi connectivity index (χ4v) is 3.98. The van der Waals surface area contributed by atoms with Gasteiger partial charge in [0.2, 0.25) is 0 Å². The summed E-state index contributed by atoms with van der Waals surface area (Å²) < 4.78 is 33.5. The minimum absolute atomic E-state index is 0.106. The van der Waals surface area contributed by atoms with Gasteiger partial charge in [-0.25, -0.2) is 8.42 Å².